The quantitative estimate of drug-likeness (QED) is 0.348. The Bertz CT molecular complexity index is 2090. The number of ether oxygens (including phenoxy) is 2. The zero-order valence-corrected chi connectivity index (χ0v) is 20.5. The number of hydrogen-bond donors (Lipinski definition) is 2. The summed E-state index contributed by atoms with van der Waals surface area (Å²) in [4.78, 5) is 33.4. The highest BCUT2D eigenvalue weighted by molar-refractivity contribution is 6.14. The molecule has 1 amide bonds. The van der Waals surface area contributed by atoms with E-state index in [2.05, 4.69) is 20.4 Å². The molecule has 0 radical (unpaired) electrons. The van der Waals surface area contributed by atoms with E-state index in [-0.39, 0.29) is 57.1 Å². The fourth-order valence-electron chi connectivity index (χ4n) is 5.43. The highest BCUT2D eigenvalue weighted by Crippen LogP contribution is 2.43. The summed E-state index contributed by atoms with van der Waals surface area (Å²) in [6.07, 6.45) is 2.63. The topological polar surface area (TPSA) is 121 Å². The maximum absolute atomic E-state index is 15.5. The highest BCUT2D eigenvalue weighted by atomic mass is 19.1. The molecule has 202 valence electrons. The van der Waals surface area contributed by atoms with E-state index < -0.39 is 44.8 Å². The van der Waals surface area contributed by atoms with Gasteiger partial charge in [-0.15, -0.1) is 5.10 Å². The van der Waals surface area contributed by atoms with Crippen molar-refractivity contribution in [3.05, 3.63) is 53.1 Å². The first kappa shape index (κ1) is 16.4. The van der Waals surface area contributed by atoms with E-state index >= 15 is 4.39 Å². The molecule has 0 unspecified atom stereocenters. The summed E-state index contributed by atoms with van der Waals surface area (Å²) < 4.78 is 97.5. The van der Waals surface area contributed by atoms with Crippen molar-refractivity contribution in [3.63, 3.8) is 0 Å². The van der Waals surface area contributed by atoms with Gasteiger partial charge in [-0.3, -0.25) is 13.8 Å². The number of aromatic nitrogens is 6. The van der Waals surface area contributed by atoms with Crippen LogP contribution in [0.3, 0.4) is 0 Å². The average Bonchev–Trinajstić information content (AvgIpc) is 3.74. The first-order valence-electron chi connectivity index (χ1n) is 16.5. The summed E-state index contributed by atoms with van der Waals surface area (Å²) in [6, 6.07) is 4.71. The minimum absolute atomic E-state index is 0.00891. The summed E-state index contributed by atoms with van der Waals surface area (Å²) in [5, 5.41) is 6.46. The minimum atomic E-state index is -2.93. The summed E-state index contributed by atoms with van der Waals surface area (Å²) in [5.41, 5.74) is -0.372. The molecule has 1 aromatic carbocycles. The van der Waals surface area contributed by atoms with Crippen molar-refractivity contribution in [3.8, 4) is 28.1 Å². The number of methoxy groups -OCH3 is 2. The second-order valence-corrected chi connectivity index (χ2v) is 9.28. The average molecular weight is 543 g/mol. The van der Waals surface area contributed by atoms with Gasteiger partial charge in [-0.25, -0.2) is 14.6 Å². The standard InChI is InChI=1S/C27H28FN7O4/c1-33-13-18(24(28)32-33)22-20(14-5-9-17(38-3)10-6-14)21-23-19(12-29-25(21)31-22)34(2)27(37)35(23)16-8-7-15(11-16)30-26(36)39-4/h5-6,9-10,12-13,15-16H,7-8,11H2,1-4H3,(H,29,31)(H,30,36)/t15-,16-/m1/s1/i1D3,2D3,3D3. The van der Waals surface area contributed by atoms with Crippen molar-refractivity contribution >= 4 is 28.2 Å². The molecule has 2 N–H and O–H groups in total. The number of H-pyrrole nitrogens is 1. The van der Waals surface area contributed by atoms with E-state index in [9.17, 15) is 9.59 Å². The second-order valence-electron chi connectivity index (χ2n) is 9.28. The third-order valence-corrected chi connectivity index (χ3v) is 7.13. The third-order valence-electron chi connectivity index (χ3n) is 7.13. The number of amides is 1. The molecule has 0 aliphatic heterocycles. The number of carbonyl (C=O) groups excluding carboxylic acids is 1. The molecule has 11 nitrogen and oxygen atoms in total. The predicted molar refractivity (Wildman–Crippen MR) is 143 cm³/mol. The second kappa shape index (κ2) is 9.29. The van der Waals surface area contributed by atoms with Crippen LogP contribution in [-0.4, -0.2) is 55.2 Å². The van der Waals surface area contributed by atoms with Crippen molar-refractivity contribution < 1.29 is 31.0 Å². The molecule has 2 atom stereocenters. The Balaban J connectivity index is 1.67. The number of rotatable bonds is 5. The Morgan fingerprint density at radius 1 is 1.26 bits per heavy atom. The Labute approximate surface area is 234 Å². The van der Waals surface area contributed by atoms with Crippen LogP contribution in [0, 0.1) is 5.95 Å². The van der Waals surface area contributed by atoms with Gasteiger partial charge in [0.25, 0.3) is 0 Å². The molecule has 6 rings (SSSR count). The summed E-state index contributed by atoms with van der Waals surface area (Å²) in [6.45, 7) is -5.75. The first-order chi connectivity index (χ1) is 22.4. The summed E-state index contributed by atoms with van der Waals surface area (Å²) in [7, 11) is -1.52. The van der Waals surface area contributed by atoms with E-state index in [1.807, 2.05) is 0 Å². The molecule has 0 saturated heterocycles. The summed E-state index contributed by atoms with van der Waals surface area (Å²) in [5.74, 6) is -1.15. The van der Waals surface area contributed by atoms with Crippen LogP contribution in [-0.2, 0) is 18.7 Å². The number of imidazole rings is 1. The number of aromatic amines is 1. The number of halogens is 1. The van der Waals surface area contributed by atoms with E-state index in [1.165, 1.54) is 42.1 Å². The Kier molecular flexibility index (Phi) is 3.90. The number of hydrogen-bond acceptors (Lipinski definition) is 6. The van der Waals surface area contributed by atoms with E-state index in [0.717, 1.165) is 6.20 Å². The molecule has 1 saturated carbocycles. The van der Waals surface area contributed by atoms with Crippen LogP contribution < -0.4 is 15.7 Å². The highest BCUT2D eigenvalue weighted by Gasteiger charge is 2.32. The molecule has 0 spiro atoms. The van der Waals surface area contributed by atoms with E-state index in [4.69, 9.17) is 21.8 Å². The van der Waals surface area contributed by atoms with Gasteiger partial charge in [0.15, 0.2) is 0 Å². The zero-order chi connectivity index (χ0) is 34.9. The predicted octanol–water partition coefficient (Wildman–Crippen LogP) is 3.88. The van der Waals surface area contributed by atoms with Gasteiger partial charge in [-0.1, -0.05) is 12.1 Å². The molecule has 1 fully saturated rings. The van der Waals surface area contributed by atoms with Crippen LogP contribution in [0.25, 0.3) is 44.5 Å². The van der Waals surface area contributed by atoms with E-state index in [1.54, 1.807) is 0 Å². The number of carbonyl (C=O) groups is 1. The lowest BCUT2D eigenvalue weighted by atomic mass is 9.99. The number of fused-ring (bicyclic) bond motifs is 3. The molecule has 4 heterocycles. The SMILES string of the molecule is [2H]C([2H])([2H])Oc1ccc(-c2c(-c3cn(C([2H])([2H])[2H])nc3F)[nH]c3ncc4c(c23)n([C@@H]2CC[C@@H](NC(=O)OC)C2)c(=O)n4C([2H])([2H])[2H])cc1. The van der Waals surface area contributed by atoms with Gasteiger partial charge in [-0.05, 0) is 37.0 Å². The van der Waals surface area contributed by atoms with Crippen molar-refractivity contribution in [1.29, 1.82) is 0 Å². The lowest BCUT2D eigenvalue weighted by Gasteiger charge is -2.15. The van der Waals surface area contributed by atoms with Gasteiger partial charge in [-0.2, -0.15) is 4.39 Å². The molecule has 1 aliphatic carbocycles. The number of nitrogens with zero attached hydrogens (tertiary/aromatic N) is 5. The smallest absolute Gasteiger partial charge is 0.407 e. The normalized spacial score (nSPS) is 21.6. The molecule has 0 bridgehead atoms. The number of alkyl carbamates (subject to hydrolysis) is 1. The Morgan fingerprint density at radius 2 is 2.10 bits per heavy atom. The van der Waals surface area contributed by atoms with Crippen molar-refractivity contribution in [2.45, 2.75) is 31.3 Å². The van der Waals surface area contributed by atoms with Crippen molar-refractivity contribution in [2.75, 3.05) is 14.1 Å². The van der Waals surface area contributed by atoms with Crippen molar-refractivity contribution in [2.24, 2.45) is 14.0 Å². The molecule has 4 aromatic heterocycles. The van der Waals surface area contributed by atoms with Crippen LogP contribution >= 0.6 is 0 Å². The fraction of sp³-hybridized carbons (Fsp3) is 0.333. The van der Waals surface area contributed by atoms with Crippen LogP contribution in [0.1, 0.15) is 37.6 Å². The monoisotopic (exact) mass is 542 g/mol. The Morgan fingerprint density at radius 3 is 2.82 bits per heavy atom. The molecule has 1 aliphatic rings. The maximum Gasteiger partial charge on any atom is 0.407 e. The van der Waals surface area contributed by atoms with Gasteiger partial charge in [0.1, 0.15) is 11.4 Å². The first-order valence-corrected chi connectivity index (χ1v) is 12.0. The van der Waals surface area contributed by atoms with E-state index in [0.29, 0.717) is 27.7 Å². The maximum atomic E-state index is 15.5. The molecular formula is C27H28FN7O4. The lowest BCUT2D eigenvalue weighted by Crippen LogP contribution is -2.33. The molecular weight excluding hydrogens is 505 g/mol. The van der Waals surface area contributed by atoms with Crippen LogP contribution in [0.4, 0.5) is 9.18 Å². The summed E-state index contributed by atoms with van der Waals surface area (Å²) >= 11 is 0. The molecule has 12 heteroatoms. The lowest BCUT2D eigenvalue weighted by molar-refractivity contribution is 0.166. The van der Waals surface area contributed by atoms with Crippen LogP contribution in [0.5, 0.6) is 5.75 Å². The van der Waals surface area contributed by atoms with Gasteiger partial charge in [0, 0.05) is 46.0 Å². The van der Waals surface area contributed by atoms with Gasteiger partial charge in [0.2, 0.25) is 5.95 Å². The number of nitrogens with one attached hydrogen (secondary N) is 2. The number of benzene rings is 1. The largest absolute Gasteiger partial charge is 0.497 e. The van der Waals surface area contributed by atoms with Gasteiger partial charge in [0.05, 0.1) is 52.1 Å². The molecule has 5 aromatic rings. The van der Waals surface area contributed by atoms with Gasteiger partial charge >= 0.3 is 11.8 Å². The Hall–Kier alpha value is -4.61. The molecule has 39 heavy (non-hydrogen) atoms. The van der Waals surface area contributed by atoms with Gasteiger partial charge < -0.3 is 19.8 Å². The zero-order valence-electron chi connectivity index (χ0n) is 29.5. The van der Waals surface area contributed by atoms with Crippen LogP contribution in [0.2, 0.25) is 0 Å². The minimum Gasteiger partial charge on any atom is -0.497 e. The van der Waals surface area contributed by atoms with Crippen molar-refractivity contribution in [1.82, 2.24) is 34.2 Å². The number of aryl methyl sites for hydroxylation is 2. The third kappa shape index (κ3) is 3.94. The fourth-order valence-corrected chi connectivity index (χ4v) is 5.43. The van der Waals surface area contributed by atoms with Crippen LogP contribution in [0.15, 0.2) is 41.5 Å². The number of pyridine rings is 1.